The van der Waals surface area contributed by atoms with Crippen molar-refractivity contribution in [2.45, 2.75) is 33.1 Å². The molecule has 3 heterocycles. The number of carbonyl (C=O) groups excluding carboxylic acids is 2. The van der Waals surface area contributed by atoms with Crippen LogP contribution >= 0.6 is 0 Å². The number of nitrogens with zero attached hydrogens (tertiary/aromatic N) is 3. The second-order valence-corrected chi connectivity index (χ2v) is 8.21. The molecule has 30 heavy (non-hydrogen) atoms. The van der Waals surface area contributed by atoms with Gasteiger partial charge in [0.15, 0.2) is 0 Å². The van der Waals surface area contributed by atoms with Gasteiger partial charge in [-0.05, 0) is 51.0 Å². The van der Waals surface area contributed by atoms with Crippen molar-refractivity contribution in [1.82, 2.24) is 19.6 Å². The summed E-state index contributed by atoms with van der Waals surface area (Å²) in [6.45, 7) is 5.73. The Balaban J connectivity index is 1.32. The van der Waals surface area contributed by atoms with Gasteiger partial charge in [0, 0.05) is 44.0 Å². The summed E-state index contributed by atoms with van der Waals surface area (Å²) >= 11 is 0. The van der Waals surface area contributed by atoms with Crippen molar-refractivity contribution < 1.29 is 9.59 Å². The van der Waals surface area contributed by atoms with Gasteiger partial charge in [-0.25, -0.2) is 4.98 Å². The predicted octanol–water partition coefficient (Wildman–Crippen LogP) is 3.16. The van der Waals surface area contributed by atoms with E-state index in [9.17, 15) is 9.59 Å². The Morgan fingerprint density at radius 3 is 2.73 bits per heavy atom. The molecular weight excluding hydrogens is 376 g/mol. The fraction of sp³-hybridized carbons (Fsp3) is 0.375. The third kappa shape index (κ3) is 4.53. The lowest BCUT2D eigenvalue weighted by Crippen LogP contribution is -2.45. The average molecular weight is 405 g/mol. The molecule has 2 amide bonds. The van der Waals surface area contributed by atoms with E-state index in [0.29, 0.717) is 31.6 Å². The largest absolute Gasteiger partial charge is 0.355 e. The van der Waals surface area contributed by atoms with Crippen LogP contribution in [0.1, 0.15) is 40.0 Å². The summed E-state index contributed by atoms with van der Waals surface area (Å²) in [5.74, 6) is -0.115. The van der Waals surface area contributed by atoms with Crippen molar-refractivity contribution in [3.05, 3.63) is 71.2 Å². The molecule has 156 valence electrons. The predicted molar refractivity (Wildman–Crippen MR) is 116 cm³/mol. The van der Waals surface area contributed by atoms with Crippen LogP contribution in [0.25, 0.3) is 5.65 Å². The number of aromatic nitrogens is 2. The number of pyridine rings is 1. The van der Waals surface area contributed by atoms with Crippen molar-refractivity contribution in [3.8, 4) is 0 Å². The van der Waals surface area contributed by atoms with Crippen molar-refractivity contribution in [1.29, 1.82) is 0 Å². The second-order valence-electron chi connectivity index (χ2n) is 8.21. The zero-order valence-electron chi connectivity index (χ0n) is 17.6. The number of rotatable bonds is 5. The van der Waals surface area contributed by atoms with Crippen LogP contribution in [0.2, 0.25) is 0 Å². The second kappa shape index (κ2) is 8.69. The molecule has 0 bridgehead atoms. The van der Waals surface area contributed by atoms with Crippen LogP contribution in [0, 0.1) is 19.8 Å². The topological polar surface area (TPSA) is 66.7 Å². The molecule has 6 nitrogen and oxygen atoms in total. The molecule has 0 saturated carbocycles. The molecule has 6 heteroatoms. The van der Waals surface area contributed by atoms with Crippen LogP contribution in [0.4, 0.5) is 0 Å². The summed E-state index contributed by atoms with van der Waals surface area (Å²) in [6.07, 6.45) is 6.31. The van der Waals surface area contributed by atoms with Crippen LogP contribution in [-0.2, 0) is 11.2 Å². The van der Waals surface area contributed by atoms with Gasteiger partial charge >= 0.3 is 0 Å². The maximum atomic E-state index is 12.9. The molecular formula is C24H28N4O2. The van der Waals surface area contributed by atoms with E-state index in [0.717, 1.165) is 35.3 Å². The molecule has 1 fully saturated rings. The smallest absolute Gasteiger partial charge is 0.253 e. The number of carbonyl (C=O) groups is 2. The highest BCUT2D eigenvalue weighted by Gasteiger charge is 2.28. The molecule has 0 spiro atoms. The first-order valence-corrected chi connectivity index (χ1v) is 10.6. The third-order valence-electron chi connectivity index (χ3n) is 5.64. The molecule has 1 aliphatic heterocycles. The molecule has 3 aromatic rings. The summed E-state index contributed by atoms with van der Waals surface area (Å²) in [6, 6.07) is 11.8. The molecule has 1 aliphatic rings. The van der Waals surface area contributed by atoms with Crippen LogP contribution < -0.4 is 5.32 Å². The van der Waals surface area contributed by atoms with Crippen molar-refractivity contribution in [3.63, 3.8) is 0 Å². The van der Waals surface area contributed by atoms with Gasteiger partial charge in [-0.15, -0.1) is 0 Å². The number of hydrogen-bond donors (Lipinski definition) is 1. The minimum atomic E-state index is -0.158. The minimum absolute atomic E-state index is 0.0176. The maximum Gasteiger partial charge on any atom is 0.253 e. The van der Waals surface area contributed by atoms with Crippen LogP contribution in [-0.4, -0.2) is 45.7 Å². The zero-order chi connectivity index (χ0) is 21.1. The number of piperidine rings is 1. The first kappa shape index (κ1) is 20.1. The van der Waals surface area contributed by atoms with Gasteiger partial charge in [-0.1, -0.05) is 23.3 Å². The number of aryl methyl sites for hydroxylation is 2. The highest BCUT2D eigenvalue weighted by molar-refractivity contribution is 5.95. The number of amides is 2. The molecule has 1 aromatic carbocycles. The Labute approximate surface area is 176 Å². The van der Waals surface area contributed by atoms with Gasteiger partial charge in [-0.2, -0.15) is 0 Å². The minimum Gasteiger partial charge on any atom is -0.355 e. The highest BCUT2D eigenvalue weighted by atomic mass is 16.2. The fourth-order valence-corrected chi connectivity index (χ4v) is 4.22. The first-order chi connectivity index (χ1) is 14.5. The summed E-state index contributed by atoms with van der Waals surface area (Å²) in [5, 5.41) is 3.04. The number of likely N-dealkylation sites (tertiary alicyclic amines) is 1. The standard InChI is InChI=1S/C24H28N4O2/c1-17-12-18(2)14-20(13-17)24(30)28-11-5-6-19(15-28)23(29)25-9-8-21-16-27-10-4-3-7-22(27)26-21/h3-4,7,10,12-14,16,19H,5-6,8-9,11,15H2,1-2H3,(H,25,29)/t19-/m1/s1. The Morgan fingerprint density at radius 1 is 1.17 bits per heavy atom. The first-order valence-electron chi connectivity index (χ1n) is 10.6. The number of hydrogen-bond acceptors (Lipinski definition) is 3. The van der Waals surface area contributed by atoms with E-state index in [1.807, 2.05) is 65.9 Å². The Morgan fingerprint density at radius 2 is 1.97 bits per heavy atom. The summed E-state index contributed by atoms with van der Waals surface area (Å²) in [4.78, 5) is 32.0. The molecule has 0 aliphatic carbocycles. The molecule has 1 N–H and O–H groups in total. The molecule has 1 saturated heterocycles. The average Bonchev–Trinajstić information content (AvgIpc) is 3.15. The van der Waals surface area contributed by atoms with E-state index in [2.05, 4.69) is 16.4 Å². The third-order valence-corrected chi connectivity index (χ3v) is 5.64. The highest BCUT2D eigenvalue weighted by Crippen LogP contribution is 2.20. The van der Waals surface area contributed by atoms with Crippen molar-refractivity contribution in [2.75, 3.05) is 19.6 Å². The van der Waals surface area contributed by atoms with Crippen LogP contribution in [0.15, 0.2) is 48.8 Å². The Hall–Kier alpha value is -3.15. The van der Waals surface area contributed by atoms with E-state index < -0.39 is 0 Å². The van der Waals surface area contributed by atoms with E-state index in [-0.39, 0.29) is 17.7 Å². The van der Waals surface area contributed by atoms with Gasteiger partial charge in [-0.3, -0.25) is 9.59 Å². The SMILES string of the molecule is Cc1cc(C)cc(C(=O)N2CCC[C@@H](C(=O)NCCc3cn4ccccc4n3)C2)c1. The summed E-state index contributed by atoms with van der Waals surface area (Å²) < 4.78 is 1.98. The number of benzene rings is 1. The number of nitrogens with one attached hydrogen (secondary N) is 1. The van der Waals surface area contributed by atoms with Gasteiger partial charge in [0.05, 0.1) is 11.6 Å². The molecule has 0 unspecified atom stereocenters. The molecule has 0 radical (unpaired) electrons. The monoisotopic (exact) mass is 404 g/mol. The van der Waals surface area contributed by atoms with Crippen LogP contribution in [0.3, 0.4) is 0 Å². The van der Waals surface area contributed by atoms with Gasteiger partial charge in [0.1, 0.15) is 5.65 Å². The lowest BCUT2D eigenvalue weighted by Gasteiger charge is -2.32. The fourth-order valence-electron chi connectivity index (χ4n) is 4.22. The normalized spacial score (nSPS) is 16.6. The van der Waals surface area contributed by atoms with E-state index >= 15 is 0 Å². The van der Waals surface area contributed by atoms with Gasteiger partial charge in [0.25, 0.3) is 5.91 Å². The quantitative estimate of drug-likeness (QED) is 0.710. The van der Waals surface area contributed by atoms with Gasteiger partial charge < -0.3 is 14.6 Å². The molecule has 1 atom stereocenters. The lowest BCUT2D eigenvalue weighted by molar-refractivity contribution is -0.126. The number of fused-ring (bicyclic) bond motifs is 1. The summed E-state index contributed by atoms with van der Waals surface area (Å²) in [7, 11) is 0. The maximum absolute atomic E-state index is 12.9. The van der Waals surface area contributed by atoms with E-state index in [1.165, 1.54) is 0 Å². The summed E-state index contributed by atoms with van der Waals surface area (Å²) in [5.41, 5.74) is 4.73. The zero-order valence-corrected chi connectivity index (χ0v) is 17.6. The molecule has 4 rings (SSSR count). The van der Waals surface area contributed by atoms with E-state index in [4.69, 9.17) is 0 Å². The lowest BCUT2D eigenvalue weighted by atomic mass is 9.96. The van der Waals surface area contributed by atoms with Crippen LogP contribution in [0.5, 0.6) is 0 Å². The van der Waals surface area contributed by atoms with Crippen molar-refractivity contribution >= 4 is 17.5 Å². The Kier molecular flexibility index (Phi) is 5.84. The molecule has 2 aromatic heterocycles. The van der Waals surface area contributed by atoms with Crippen molar-refractivity contribution in [2.24, 2.45) is 5.92 Å². The van der Waals surface area contributed by atoms with E-state index in [1.54, 1.807) is 0 Å². The Bertz CT molecular complexity index is 1020. The van der Waals surface area contributed by atoms with Gasteiger partial charge in [0.2, 0.25) is 5.91 Å². The number of imidazole rings is 1.